The Balaban J connectivity index is 1.14. The minimum Gasteiger partial charge on any atom is -0.457 e. The van der Waals surface area contributed by atoms with Gasteiger partial charge in [-0.2, -0.15) is 5.10 Å². The van der Waals surface area contributed by atoms with Crippen LogP contribution in [0.4, 0.5) is 0 Å². The molecule has 3 aromatic heterocycles. The van der Waals surface area contributed by atoms with Crippen molar-refractivity contribution in [3.8, 4) is 23.0 Å². The first-order valence-electron chi connectivity index (χ1n) is 21.5. The molecule has 0 atom stereocenters. The van der Waals surface area contributed by atoms with Gasteiger partial charge in [-0.05, 0) is 88.0 Å². The highest BCUT2D eigenvalue weighted by molar-refractivity contribution is 6.10. The van der Waals surface area contributed by atoms with Crippen molar-refractivity contribution in [1.82, 2.24) is 19.3 Å². The Morgan fingerprint density at radius 1 is 0.435 bits per heavy atom. The SMILES string of the molecule is CC(C)(c1ccccc1)c1cc(Oc2ccc3c4cc(C(C)(C)c5ccccc5)ccc4n(-c4cc(C(C)(C)c5ccccc5)ccn4)c3c2)cc(-n2cc3ccccc3n2)c1. The highest BCUT2D eigenvalue weighted by Crippen LogP contribution is 2.42. The Labute approximate surface area is 363 Å². The van der Waals surface area contributed by atoms with Crippen LogP contribution in [-0.4, -0.2) is 19.3 Å². The third-order valence-electron chi connectivity index (χ3n) is 13.2. The molecule has 0 unspecified atom stereocenters. The van der Waals surface area contributed by atoms with Crippen LogP contribution in [-0.2, 0) is 16.2 Å². The Morgan fingerprint density at radius 2 is 1.03 bits per heavy atom. The highest BCUT2D eigenvalue weighted by atomic mass is 16.5. The van der Waals surface area contributed by atoms with Crippen molar-refractivity contribution < 1.29 is 4.74 Å². The van der Waals surface area contributed by atoms with Crippen LogP contribution in [0.1, 0.15) is 74.9 Å². The molecule has 5 heteroatoms. The molecule has 0 fully saturated rings. The van der Waals surface area contributed by atoms with Gasteiger partial charge in [-0.25, -0.2) is 9.67 Å². The molecule has 10 aromatic rings. The summed E-state index contributed by atoms with van der Waals surface area (Å²) >= 11 is 0. The third kappa shape index (κ3) is 6.84. The quantitative estimate of drug-likeness (QED) is 0.138. The molecule has 0 aliphatic carbocycles. The second-order valence-electron chi connectivity index (χ2n) is 18.1. The van der Waals surface area contributed by atoms with Gasteiger partial charge in [-0.15, -0.1) is 0 Å². The highest BCUT2D eigenvalue weighted by Gasteiger charge is 2.28. The van der Waals surface area contributed by atoms with Gasteiger partial charge in [0.05, 0.1) is 22.2 Å². The number of rotatable bonds is 10. The molecule has 0 spiro atoms. The maximum Gasteiger partial charge on any atom is 0.137 e. The number of hydrogen-bond acceptors (Lipinski definition) is 3. The van der Waals surface area contributed by atoms with Crippen LogP contribution in [0.25, 0.3) is 44.2 Å². The number of pyridine rings is 1. The standard InChI is InChI=1S/C57H50N4O/c1-55(2,40-19-10-7-11-20-40)43-26-29-52-50(34-43)49-28-27-47(37-53(49)61(52)54-35-44(30-31-58-54)56(3,4)41-21-12-8-13-22-41)62-48-33-45(57(5,6)42-23-14-9-15-24-42)32-46(36-48)60-38-39-18-16-17-25-51(39)59-60/h7-38H,1-6H3. The summed E-state index contributed by atoms with van der Waals surface area (Å²) in [5, 5.41) is 8.36. The lowest BCUT2D eigenvalue weighted by atomic mass is 9.78. The van der Waals surface area contributed by atoms with E-state index in [4.69, 9.17) is 14.8 Å². The topological polar surface area (TPSA) is 44.9 Å². The first-order chi connectivity index (χ1) is 30.0. The van der Waals surface area contributed by atoms with E-state index in [1.807, 2.05) is 29.1 Å². The summed E-state index contributed by atoms with van der Waals surface area (Å²) in [6, 6.07) is 64.6. The van der Waals surface area contributed by atoms with Gasteiger partial charge in [0, 0.05) is 56.9 Å². The largest absolute Gasteiger partial charge is 0.457 e. The zero-order valence-corrected chi connectivity index (χ0v) is 36.2. The van der Waals surface area contributed by atoms with E-state index in [-0.39, 0.29) is 16.2 Å². The molecule has 0 aliphatic heterocycles. The molecular weight excluding hydrogens is 757 g/mol. The van der Waals surface area contributed by atoms with E-state index in [9.17, 15) is 0 Å². The number of hydrogen-bond donors (Lipinski definition) is 0. The van der Waals surface area contributed by atoms with Gasteiger partial charge in [-0.3, -0.25) is 4.57 Å². The van der Waals surface area contributed by atoms with E-state index >= 15 is 0 Å². The Bertz CT molecular complexity index is 3200. The number of nitrogens with zero attached hydrogens (tertiary/aromatic N) is 4. The summed E-state index contributed by atoms with van der Waals surface area (Å²) in [6.45, 7) is 13.7. The van der Waals surface area contributed by atoms with Crippen molar-refractivity contribution in [2.75, 3.05) is 0 Å². The first kappa shape index (κ1) is 38.9. The van der Waals surface area contributed by atoms with E-state index in [0.29, 0.717) is 0 Å². The van der Waals surface area contributed by atoms with Crippen LogP contribution in [0.2, 0.25) is 0 Å². The average molecular weight is 807 g/mol. The fourth-order valence-electron chi connectivity index (χ4n) is 9.06. The van der Waals surface area contributed by atoms with Gasteiger partial charge < -0.3 is 4.74 Å². The lowest BCUT2D eigenvalue weighted by molar-refractivity contribution is 0.480. The summed E-state index contributed by atoms with van der Waals surface area (Å²) < 4.78 is 11.2. The van der Waals surface area contributed by atoms with Crippen molar-refractivity contribution in [2.45, 2.75) is 57.8 Å². The molecule has 10 rings (SSSR count). The summed E-state index contributed by atoms with van der Waals surface area (Å²) in [6.07, 6.45) is 4.03. The van der Waals surface area contributed by atoms with Gasteiger partial charge in [0.25, 0.3) is 0 Å². The Kier molecular flexibility index (Phi) is 9.44. The van der Waals surface area contributed by atoms with Crippen LogP contribution in [0.5, 0.6) is 11.5 Å². The summed E-state index contributed by atoms with van der Waals surface area (Å²) in [7, 11) is 0. The molecule has 0 amide bonds. The molecule has 0 N–H and O–H groups in total. The molecule has 304 valence electrons. The molecule has 3 heterocycles. The molecular formula is C57H50N4O. The van der Waals surface area contributed by atoms with Gasteiger partial charge in [0.15, 0.2) is 0 Å². The van der Waals surface area contributed by atoms with E-state index in [1.165, 1.54) is 33.2 Å². The lowest BCUT2D eigenvalue weighted by Gasteiger charge is -2.27. The molecule has 0 aliphatic rings. The average Bonchev–Trinajstić information content (AvgIpc) is 3.89. The number of aromatic nitrogens is 4. The van der Waals surface area contributed by atoms with Crippen LogP contribution < -0.4 is 4.74 Å². The van der Waals surface area contributed by atoms with Crippen molar-refractivity contribution in [3.05, 3.63) is 228 Å². The fraction of sp³-hybridized carbons (Fsp3) is 0.158. The van der Waals surface area contributed by atoms with E-state index in [2.05, 4.69) is 216 Å². The van der Waals surface area contributed by atoms with Crippen LogP contribution in [0.15, 0.2) is 194 Å². The van der Waals surface area contributed by atoms with Crippen molar-refractivity contribution in [2.24, 2.45) is 0 Å². The lowest BCUT2D eigenvalue weighted by Crippen LogP contribution is -2.19. The number of benzene rings is 7. The Morgan fingerprint density at radius 3 is 1.68 bits per heavy atom. The summed E-state index contributed by atoms with van der Waals surface area (Å²) in [5.74, 6) is 2.33. The van der Waals surface area contributed by atoms with E-state index in [1.54, 1.807) is 0 Å². The smallest absolute Gasteiger partial charge is 0.137 e. The maximum atomic E-state index is 6.98. The zero-order chi connectivity index (χ0) is 42.6. The van der Waals surface area contributed by atoms with Crippen molar-refractivity contribution in [1.29, 1.82) is 0 Å². The van der Waals surface area contributed by atoms with Crippen LogP contribution >= 0.6 is 0 Å². The zero-order valence-electron chi connectivity index (χ0n) is 36.2. The molecule has 62 heavy (non-hydrogen) atoms. The van der Waals surface area contributed by atoms with Crippen LogP contribution in [0, 0.1) is 0 Å². The minimum atomic E-state index is -0.312. The summed E-state index contributed by atoms with van der Waals surface area (Å²) in [5.41, 5.74) is 10.5. The molecule has 7 aromatic carbocycles. The monoisotopic (exact) mass is 806 g/mol. The molecule has 0 radical (unpaired) electrons. The number of ether oxygens (including phenoxy) is 1. The fourth-order valence-corrected chi connectivity index (χ4v) is 9.06. The normalized spacial score (nSPS) is 12.4. The van der Waals surface area contributed by atoms with E-state index in [0.717, 1.165) is 55.9 Å². The van der Waals surface area contributed by atoms with Gasteiger partial charge in [0.1, 0.15) is 17.3 Å². The predicted octanol–water partition coefficient (Wildman–Crippen LogP) is 14.3. The second-order valence-corrected chi connectivity index (χ2v) is 18.1. The molecule has 0 bridgehead atoms. The second kappa shape index (κ2) is 15.0. The van der Waals surface area contributed by atoms with Gasteiger partial charge in [0.2, 0.25) is 0 Å². The summed E-state index contributed by atoms with van der Waals surface area (Å²) in [4.78, 5) is 5.06. The molecule has 0 saturated heterocycles. The Hall–Kier alpha value is -7.24. The maximum absolute atomic E-state index is 6.98. The van der Waals surface area contributed by atoms with E-state index < -0.39 is 0 Å². The predicted molar refractivity (Wildman–Crippen MR) is 255 cm³/mol. The van der Waals surface area contributed by atoms with Gasteiger partial charge >= 0.3 is 0 Å². The first-order valence-corrected chi connectivity index (χ1v) is 21.5. The number of fused-ring (bicyclic) bond motifs is 4. The van der Waals surface area contributed by atoms with Gasteiger partial charge in [-0.1, -0.05) is 157 Å². The molecule has 5 nitrogen and oxygen atoms in total. The third-order valence-corrected chi connectivity index (χ3v) is 13.2. The molecule has 0 saturated carbocycles. The minimum absolute atomic E-state index is 0.207. The van der Waals surface area contributed by atoms with Crippen molar-refractivity contribution in [3.63, 3.8) is 0 Å². The van der Waals surface area contributed by atoms with Crippen molar-refractivity contribution >= 4 is 32.7 Å². The van der Waals surface area contributed by atoms with Crippen LogP contribution in [0.3, 0.4) is 0 Å².